The lowest BCUT2D eigenvalue weighted by Gasteiger charge is -2.16. The number of hydrogen-bond acceptors (Lipinski definition) is 4. The van der Waals surface area contributed by atoms with Crippen LogP contribution in [-0.2, 0) is 6.42 Å². The van der Waals surface area contributed by atoms with Crippen molar-refractivity contribution in [2.24, 2.45) is 0 Å². The smallest absolute Gasteiger partial charge is 0.257 e. The van der Waals surface area contributed by atoms with Gasteiger partial charge in [0.25, 0.3) is 5.91 Å². The summed E-state index contributed by atoms with van der Waals surface area (Å²) in [7, 11) is 3.48. The third kappa shape index (κ3) is 4.25. The molecule has 1 aromatic carbocycles. The second-order valence-corrected chi connectivity index (χ2v) is 6.16. The highest BCUT2D eigenvalue weighted by molar-refractivity contribution is 5.98. The van der Waals surface area contributed by atoms with Gasteiger partial charge < -0.3 is 10.2 Å². The van der Waals surface area contributed by atoms with Crippen molar-refractivity contribution < 1.29 is 4.79 Å². The number of amides is 1. The van der Waals surface area contributed by atoms with E-state index in [0.717, 1.165) is 23.4 Å². The zero-order chi connectivity index (χ0) is 18.4. The molecule has 2 aromatic heterocycles. The second kappa shape index (κ2) is 8.25. The molecule has 0 saturated carbocycles. The number of rotatable bonds is 6. The first-order valence-electron chi connectivity index (χ1n) is 8.57. The Balaban J connectivity index is 1.84. The molecule has 5 heteroatoms. The average Bonchev–Trinajstić information content (AvgIpc) is 2.69. The van der Waals surface area contributed by atoms with Crippen LogP contribution in [0.25, 0.3) is 11.3 Å². The lowest BCUT2D eigenvalue weighted by molar-refractivity contribution is 0.0828. The van der Waals surface area contributed by atoms with Crippen molar-refractivity contribution >= 4 is 11.7 Å². The molecule has 0 aliphatic rings. The molecule has 0 aliphatic carbocycles. The van der Waals surface area contributed by atoms with E-state index < -0.39 is 0 Å². The first-order chi connectivity index (χ1) is 12.6. The monoisotopic (exact) mass is 346 g/mol. The number of carbonyl (C=O) groups excluding carboxylic acids is 1. The first kappa shape index (κ1) is 17.6. The van der Waals surface area contributed by atoms with Crippen LogP contribution in [0.5, 0.6) is 0 Å². The molecule has 0 unspecified atom stereocenters. The van der Waals surface area contributed by atoms with E-state index in [9.17, 15) is 4.79 Å². The number of pyridine rings is 2. The highest BCUT2D eigenvalue weighted by atomic mass is 16.2. The van der Waals surface area contributed by atoms with Gasteiger partial charge in [0, 0.05) is 44.5 Å². The lowest BCUT2D eigenvalue weighted by Crippen LogP contribution is -2.24. The van der Waals surface area contributed by atoms with Crippen LogP contribution in [0.1, 0.15) is 16.1 Å². The molecule has 0 radical (unpaired) electrons. The fraction of sp³-hybridized carbons (Fsp3) is 0.190. The van der Waals surface area contributed by atoms with E-state index in [1.165, 1.54) is 0 Å². The summed E-state index contributed by atoms with van der Waals surface area (Å²) in [4.78, 5) is 23.1. The summed E-state index contributed by atoms with van der Waals surface area (Å²) in [6.45, 7) is 0.649. The summed E-state index contributed by atoms with van der Waals surface area (Å²) < 4.78 is 0. The van der Waals surface area contributed by atoms with E-state index in [1.807, 2.05) is 60.7 Å². The number of carbonyl (C=O) groups is 1. The summed E-state index contributed by atoms with van der Waals surface area (Å²) in [6, 6.07) is 19.5. The fourth-order valence-electron chi connectivity index (χ4n) is 2.63. The lowest BCUT2D eigenvalue weighted by atomic mass is 10.1. The molecule has 5 nitrogen and oxygen atoms in total. The molecule has 2 heterocycles. The minimum Gasteiger partial charge on any atom is -0.369 e. The van der Waals surface area contributed by atoms with Crippen molar-refractivity contribution in [3.8, 4) is 11.3 Å². The predicted molar refractivity (Wildman–Crippen MR) is 104 cm³/mol. The van der Waals surface area contributed by atoms with Gasteiger partial charge in [-0.1, -0.05) is 36.4 Å². The Morgan fingerprint density at radius 2 is 1.77 bits per heavy atom. The SMILES string of the molecule is CN(C)C(=O)c1ccc(-c2ccccc2)nc1NCCc1ccccn1. The molecule has 1 N–H and O–H groups in total. The quantitative estimate of drug-likeness (QED) is 0.742. The molecule has 0 spiro atoms. The van der Waals surface area contributed by atoms with Gasteiger partial charge in [-0.3, -0.25) is 9.78 Å². The molecule has 0 saturated heterocycles. The van der Waals surface area contributed by atoms with Gasteiger partial charge >= 0.3 is 0 Å². The molecule has 132 valence electrons. The summed E-state index contributed by atoms with van der Waals surface area (Å²) in [5, 5.41) is 3.31. The normalized spacial score (nSPS) is 10.4. The molecule has 1 amide bonds. The molecule has 3 rings (SSSR count). The largest absolute Gasteiger partial charge is 0.369 e. The van der Waals surface area contributed by atoms with Crippen LogP contribution >= 0.6 is 0 Å². The van der Waals surface area contributed by atoms with E-state index in [4.69, 9.17) is 4.98 Å². The molecule has 0 aliphatic heterocycles. The molecular weight excluding hydrogens is 324 g/mol. The molecule has 0 fully saturated rings. The standard InChI is InChI=1S/C21H22N4O/c1-25(2)21(26)18-11-12-19(16-8-4-3-5-9-16)24-20(18)23-15-13-17-10-6-7-14-22-17/h3-12,14H,13,15H2,1-2H3,(H,23,24). The highest BCUT2D eigenvalue weighted by Crippen LogP contribution is 2.22. The molecule has 3 aromatic rings. The molecule has 0 atom stereocenters. The number of benzene rings is 1. The predicted octanol–water partition coefficient (Wildman–Crippen LogP) is 3.50. The van der Waals surface area contributed by atoms with Gasteiger partial charge in [-0.05, 0) is 24.3 Å². The third-order valence-corrected chi connectivity index (χ3v) is 4.00. The van der Waals surface area contributed by atoms with Gasteiger partial charge in [-0.2, -0.15) is 0 Å². The fourth-order valence-corrected chi connectivity index (χ4v) is 2.63. The Hall–Kier alpha value is -3.21. The minimum absolute atomic E-state index is 0.0718. The van der Waals surface area contributed by atoms with Gasteiger partial charge in [0.05, 0.1) is 11.3 Å². The number of nitrogens with one attached hydrogen (secondary N) is 1. The molecule has 26 heavy (non-hydrogen) atoms. The van der Waals surface area contributed by atoms with E-state index in [0.29, 0.717) is 17.9 Å². The van der Waals surface area contributed by atoms with Crippen LogP contribution in [-0.4, -0.2) is 41.4 Å². The molecule has 0 bridgehead atoms. The van der Waals surface area contributed by atoms with Crippen LogP contribution in [0.3, 0.4) is 0 Å². The summed E-state index contributed by atoms with van der Waals surface area (Å²) in [5.74, 6) is 0.526. The third-order valence-electron chi connectivity index (χ3n) is 4.00. The van der Waals surface area contributed by atoms with Gasteiger partial charge in [0.15, 0.2) is 0 Å². The maximum atomic E-state index is 12.5. The van der Waals surface area contributed by atoms with Crippen LogP contribution in [0.15, 0.2) is 66.9 Å². The van der Waals surface area contributed by atoms with E-state index in [1.54, 1.807) is 25.2 Å². The van der Waals surface area contributed by atoms with E-state index in [-0.39, 0.29) is 5.91 Å². The van der Waals surface area contributed by atoms with Gasteiger partial charge in [-0.25, -0.2) is 4.98 Å². The second-order valence-electron chi connectivity index (χ2n) is 6.16. The van der Waals surface area contributed by atoms with Crippen molar-refractivity contribution in [1.29, 1.82) is 0 Å². The summed E-state index contributed by atoms with van der Waals surface area (Å²) in [5.41, 5.74) is 3.42. The van der Waals surface area contributed by atoms with E-state index in [2.05, 4.69) is 10.3 Å². The van der Waals surface area contributed by atoms with Crippen molar-refractivity contribution in [2.45, 2.75) is 6.42 Å². The zero-order valence-corrected chi connectivity index (χ0v) is 15.0. The Bertz CT molecular complexity index is 864. The zero-order valence-electron chi connectivity index (χ0n) is 15.0. The van der Waals surface area contributed by atoms with Crippen molar-refractivity contribution in [3.63, 3.8) is 0 Å². The van der Waals surface area contributed by atoms with Crippen LogP contribution in [0.2, 0.25) is 0 Å². The van der Waals surface area contributed by atoms with Crippen LogP contribution in [0.4, 0.5) is 5.82 Å². The Labute approximate surface area is 153 Å². The Morgan fingerprint density at radius 1 is 1.00 bits per heavy atom. The maximum absolute atomic E-state index is 12.5. The minimum atomic E-state index is -0.0718. The number of hydrogen-bond donors (Lipinski definition) is 1. The van der Waals surface area contributed by atoms with Gasteiger partial charge in [0.1, 0.15) is 5.82 Å². The maximum Gasteiger partial charge on any atom is 0.257 e. The highest BCUT2D eigenvalue weighted by Gasteiger charge is 2.15. The molecular formula is C21H22N4O. The van der Waals surface area contributed by atoms with Crippen molar-refractivity contribution in [3.05, 3.63) is 78.1 Å². The van der Waals surface area contributed by atoms with Crippen LogP contribution in [0, 0.1) is 0 Å². The first-order valence-corrected chi connectivity index (χ1v) is 8.57. The topological polar surface area (TPSA) is 58.1 Å². The van der Waals surface area contributed by atoms with Gasteiger partial charge in [-0.15, -0.1) is 0 Å². The summed E-state index contributed by atoms with van der Waals surface area (Å²) in [6.07, 6.45) is 2.54. The van der Waals surface area contributed by atoms with Gasteiger partial charge in [0.2, 0.25) is 0 Å². The van der Waals surface area contributed by atoms with Crippen molar-refractivity contribution in [2.75, 3.05) is 26.0 Å². The Kier molecular flexibility index (Phi) is 5.59. The van der Waals surface area contributed by atoms with E-state index >= 15 is 0 Å². The number of nitrogens with zero attached hydrogens (tertiary/aromatic N) is 3. The van der Waals surface area contributed by atoms with Crippen LogP contribution < -0.4 is 5.32 Å². The van der Waals surface area contributed by atoms with Crippen molar-refractivity contribution in [1.82, 2.24) is 14.9 Å². The number of anilines is 1. The summed E-state index contributed by atoms with van der Waals surface area (Å²) >= 11 is 0. The average molecular weight is 346 g/mol. The Morgan fingerprint density at radius 3 is 2.46 bits per heavy atom. The number of aromatic nitrogens is 2.